The molecule has 1 aromatic heterocycles. The molecule has 2 aromatic rings. The van der Waals surface area contributed by atoms with E-state index in [4.69, 9.17) is 9.47 Å². The van der Waals surface area contributed by atoms with E-state index in [0.29, 0.717) is 45.3 Å². The number of hydrogen-bond donors (Lipinski definition) is 3. The van der Waals surface area contributed by atoms with E-state index in [2.05, 4.69) is 20.6 Å². The molecule has 1 saturated heterocycles. The minimum Gasteiger partial charge on any atom is -0.435 e. The zero-order valence-electron chi connectivity index (χ0n) is 22.1. The highest BCUT2D eigenvalue weighted by Gasteiger charge is 2.47. The Morgan fingerprint density at radius 1 is 1.16 bits per heavy atom. The van der Waals surface area contributed by atoms with Crippen molar-refractivity contribution in [3.05, 3.63) is 54.1 Å². The van der Waals surface area contributed by atoms with Gasteiger partial charge in [-0.05, 0) is 31.2 Å². The van der Waals surface area contributed by atoms with Gasteiger partial charge in [0.15, 0.2) is 0 Å². The fourth-order valence-corrected chi connectivity index (χ4v) is 5.68. The van der Waals surface area contributed by atoms with Crippen LogP contribution in [-0.2, 0) is 27.1 Å². The van der Waals surface area contributed by atoms with E-state index in [1.165, 1.54) is 0 Å². The summed E-state index contributed by atoms with van der Waals surface area (Å²) in [5.74, 6) is 0.150. The van der Waals surface area contributed by atoms with Gasteiger partial charge in [0.1, 0.15) is 11.6 Å². The monoisotopic (exact) mass is 525 g/mol. The number of aromatic nitrogens is 2. The number of carbonyl (C=O) groups excluding carboxylic acids is 3. The van der Waals surface area contributed by atoms with Crippen molar-refractivity contribution in [1.29, 1.82) is 0 Å². The summed E-state index contributed by atoms with van der Waals surface area (Å²) < 4.78 is 11.0. The number of H-pyrrole nitrogens is 1. The first-order valence-electron chi connectivity index (χ1n) is 13.7. The molecule has 10 nitrogen and oxygen atoms in total. The molecule has 3 amide bonds. The maximum atomic E-state index is 13.7. The summed E-state index contributed by atoms with van der Waals surface area (Å²) in [7, 11) is 0. The number of hydrogen-bond acceptors (Lipinski definition) is 6. The number of piperidine rings is 1. The van der Waals surface area contributed by atoms with E-state index in [1.807, 2.05) is 30.3 Å². The van der Waals surface area contributed by atoms with Crippen LogP contribution in [0.15, 0.2) is 42.9 Å². The van der Waals surface area contributed by atoms with Crippen LogP contribution in [0.2, 0.25) is 0 Å². The summed E-state index contributed by atoms with van der Waals surface area (Å²) in [6.45, 7) is 3.37. The van der Waals surface area contributed by atoms with Crippen LogP contribution in [0.5, 0.6) is 0 Å². The lowest BCUT2D eigenvalue weighted by molar-refractivity contribution is -0.141. The normalized spacial score (nSPS) is 18.0. The molecule has 4 rings (SSSR count). The maximum absolute atomic E-state index is 13.7. The Morgan fingerprint density at radius 3 is 2.55 bits per heavy atom. The molecule has 1 atom stereocenters. The SMILES string of the molecule is CCOC(=O)OC1(C2CCCC2)CCN(C(=O)C(Cc2ccccc2)NC(=O)NCCc2cnc[nH]2)CC1. The maximum Gasteiger partial charge on any atom is 0.508 e. The molecule has 0 radical (unpaired) electrons. The molecule has 2 fully saturated rings. The Morgan fingerprint density at radius 2 is 1.89 bits per heavy atom. The standard InChI is InChI=1S/C28H39N5O5/c1-2-37-27(36)38-28(22-10-6-7-11-22)13-16-33(17-14-28)25(34)24(18-21-8-4-3-5-9-21)32-26(35)30-15-12-23-19-29-20-31-23/h3-5,8-9,19-20,22,24H,2,6-7,10-18H2,1H3,(H,29,31)(H2,30,32,35). The second kappa shape index (κ2) is 13.3. The molecule has 10 heteroatoms. The molecular weight excluding hydrogens is 486 g/mol. The van der Waals surface area contributed by atoms with E-state index < -0.39 is 17.8 Å². The third-order valence-corrected chi connectivity index (χ3v) is 7.69. The smallest absolute Gasteiger partial charge is 0.435 e. The number of nitrogens with zero attached hydrogens (tertiary/aromatic N) is 2. The number of carbonyl (C=O) groups is 3. The fourth-order valence-electron chi connectivity index (χ4n) is 5.68. The zero-order chi connectivity index (χ0) is 26.8. The summed E-state index contributed by atoms with van der Waals surface area (Å²) in [5, 5.41) is 5.73. The van der Waals surface area contributed by atoms with Gasteiger partial charge in [-0.15, -0.1) is 0 Å². The van der Waals surface area contributed by atoms with Gasteiger partial charge in [0.05, 0.1) is 12.9 Å². The molecule has 38 heavy (non-hydrogen) atoms. The highest BCUT2D eigenvalue weighted by Crippen LogP contribution is 2.43. The van der Waals surface area contributed by atoms with Gasteiger partial charge in [-0.25, -0.2) is 14.6 Å². The van der Waals surface area contributed by atoms with Crippen LogP contribution in [0, 0.1) is 5.92 Å². The summed E-state index contributed by atoms with van der Waals surface area (Å²) >= 11 is 0. The Balaban J connectivity index is 1.39. The molecule has 2 aliphatic rings. The second-order valence-electron chi connectivity index (χ2n) is 10.1. The van der Waals surface area contributed by atoms with Crippen molar-refractivity contribution in [3.63, 3.8) is 0 Å². The first kappa shape index (κ1) is 27.5. The number of nitrogens with one attached hydrogen (secondary N) is 3. The van der Waals surface area contributed by atoms with Crippen molar-refractivity contribution in [2.75, 3.05) is 26.2 Å². The van der Waals surface area contributed by atoms with Crippen molar-refractivity contribution in [1.82, 2.24) is 25.5 Å². The van der Waals surface area contributed by atoms with E-state index in [9.17, 15) is 14.4 Å². The van der Waals surface area contributed by atoms with Gasteiger partial charge < -0.3 is 30.0 Å². The van der Waals surface area contributed by atoms with Gasteiger partial charge in [-0.2, -0.15) is 0 Å². The number of benzene rings is 1. The highest BCUT2D eigenvalue weighted by atomic mass is 16.7. The first-order chi connectivity index (χ1) is 18.5. The predicted octanol–water partition coefficient (Wildman–Crippen LogP) is 3.59. The summed E-state index contributed by atoms with van der Waals surface area (Å²) in [6, 6.07) is 8.57. The number of likely N-dealkylation sites (tertiary alicyclic amines) is 1. The van der Waals surface area contributed by atoms with Crippen molar-refractivity contribution in [2.45, 2.75) is 69.9 Å². The Labute approximate surface area is 223 Å². The molecule has 1 unspecified atom stereocenters. The van der Waals surface area contributed by atoms with Crippen LogP contribution in [0.25, 0.3) is 0 Å². The summed E-state index contributed by atoms with van der Waals surface area (Å²) in [4.78, 5) is 47.5. The molecule has 1 saturated carbocycles. The summed E-state index contributed by atoms with van der Waals surface area (Å²) in [6.07, 6.45) is 9.10. The zero-order valence-corrected chi connectivity index (χ0v) is 22.1. The van der Waals surface area contributed by atoms with Crippen molar-refractivity contribution < 1.29 is 23.9 Å². The number of imidazole rings is 1. The van der Waals surface area contributed by atoms with Crippen LogP contribution in [0.1, 0.15) is 56.7 Å². The molecule has 0 bridgehead atoms. The number of rotatable bonds is 10. The van der Waals surface area contributed by atoms with Gasteiger partial charge >= 0.3 is 12.2 Å². The first-order valence-corrected chi connectivity index (χ1v) is 13.7. The van der Waals surface area contributed by atoms with Gasteiger partial charge in [0, 0.05) is 57.2 Å². The number of aromatic amines is 1. The van der Waals surface area contributed by atoms with Crippen molar-refractivity contribution >= 4 is 18.1 Å². The van der Waals surface area contributed by atoms with Crippen LogP contribution in [0.3, 0.4) is 0 Å². The predicted molar refractivity (Wildman–Crippen MR) is 141 cm³/mol. The molecule has 2 heterocycles. The lowest BCUT2D eigenvalue weighted by Crippen LogP contribution is -2.57. The van der Waals surface area contributed by atoms with E-state index in [-0.39, 0.29) is 24.5 Å². The Hall–Kier alpha value is -3.56. The van der Waals surface area contributed by atoms with E-state index in [1.54, 1.807) is 24.3 Å². The van der Waals surface area contributed by atoms with E-state index in [0.717, 1.165) is 36.9 Å². The largest absolute Gasteiger partial charge is 0.508 e. The lowest BCUT2D eigenvalue weighted by atomic mass is 9.78. The van der Waals surface area contributed by atoms with Gasteiger partial charge in [-0.1, -0.05) is 43.2 Å². The highest BCUT2D eigenvalue weighted by molar-refractivity contribution is 5.87. The van der Waals surface area contributed by atoms with Crippen LogP contribution in [-0.4, -0.2) is 70.8 Å². The topological polar surface area (TPSA) is 126 Å². The van der Waals surface area contributed by atoms with Gasteiger partial charge in [0.25, 0.3) is 0 Å². The molecular formula is C28H39N5O5. The average Bonchev–Trinajstić information content (AvgIpc) is 3.64. The van der Waals surface area contributed by atoms with Crippen LogP contribution < -0.4 is 10.6 Å². The summed E-state index contributed by atoms with van der Waals surface area (Å²) in [5.41, 5.74) is 1.28. The molecule has 0 spiro atoms. The van der Waals surface area contributed by atoms with Crippen LogP contribution >= 0.6 is 0 Å². The minimum atomic E-state index is -0.713. The lowest BCUT2D eigenvalue weighted by Gasteiger charge is -2.45. The Bertz CT molecular complexity index is 1030. The minimum absolute atomic E-state index is 0.131. The third kappa shape index (κ3) is 7.26. The molecule has 1 aliphatic carbocycles. The third-order valence-electron chi connectivity index (χ3n) is 7.69. The number of urea groups is 1. The number of ether oxygens (including phenoxy) is 2. The molecule has 1 aliphatic heterocycles. The van der Waals surface area contributed by atoms with Crippen LogP contribution in [0.4, 0.5) is 9.59 Å². The molecule has 206 valence electrons. The van der Waals surface area contributed by atoms with E-state index >= 15 is 0 Å². The van der Waals surface area contributed by atoms with Crippen molar-refractivity contribution in [2.24, 2.45) is 5.92 Å². The fraction of sp³-hybridized carbons (Fsp3) is 0.571. The molecule has 3 N–H and O–H groups in total. The second-order valence-corrected chi connectivity index (χ2v) is 10.1. The van der Waals surface area contributed by atoms with Gasteiger partial charge in [0.2, 0.25) is 5.91 Å². The molecule has 1 aromatic carbocycles. The Kier molecular flexibility index (Phi) is 9.62. The van der Waals surface area contributed by atoms with Gasteiger partial charge in [-0.3, -0.25) is 4.79 Å². The quantitative estimate of drug-likeness (QED) is 0.407. The number of amides is 3. The average molecular weight is 526 g/mol. The van der Waals surface area contributed by atoms with Crippen molar-refractivity contribution in [3.8, 4) is 0 Å².